The lowest BCUT2D eigenvalue weighted by molar-refractivity contribution is -0.149. The molecule has 0 aromatic heterocycles. The van der Waals surface area contributed by atoms with E-state index in [2.05, 4.69) is 4.74 Å². The summed E-state index contributed by atoms with van der Waals surface area (Å²) in [5, 5.41) is 0.634. The Morgan fingerprint density at radius 3 is 2.71 bits per heavy atom. The van der Waals surface area contributed by atoms with E-state index in [0.29, 0.717) is 10.6 Å². The molecule has 3 nitrogen and oxygen atoms in total. The Morgan fingerprint density at radius 1 is 1.53 bits per heavy atom. The third kappa shape index (κ3) is 3.56. The van der Waals surface area contributed by atoms with Gasteiger partial charge in [0.25, 0.3) is 0 Å². The lowest BCUT2D eigenvalue weighted by Crippen LogP contribution is -2.31. The second kappa shape index (κ2) is 6.19. The first kappa shape index (κ1) is 14.2. The highest BCUT2D eigenvalue weighted by molar-refractivity contribution is 6.35. The summed E-state index contributed by atoms with van der Waals surface area (Å²) in [6.45, 7) is 1.69. The minimum absolute atomic E-state index is 0.0975. The van der Waals surface area contributed by atoms with Crippen LogP contribution in [0.4, 0.5) is 4.39 Å². The van der Waals surface area contributed by atoms with Crippen molar-refractivity contribution in [2.75, 3.05) is 6.61 Å². The van der Waals surface area contributed by atoms with E-state index < -0.39 is 18.2 Å². The fraction of sp³-hybridized carbons (Fsp3) is 0.364. The highest BCUT2D eigenvalue weighted by Crippen LogP contribution is 2.28. The summed E-state index contributed by atoms with van der Waals surface area (Å²) >= 11 is 11.6. The van der Waals surface area contributed by atoms with Gasteiger partial charge in [-0.1, -0.05) is 29.3 Å². The van der Waals surface area contributed by atoms with Crippen LogP contribution in [0, 0.1) is 0 Å². The van der Waals surface area contributed by atoms with Crippen LogP contribution in [-0.4, -0.2) is 18.7 Å². The molecular formula is C11H12Cl2FNO2. The SMILES string of the molecule is CCOC(=O)C(F)[C@@H](N)c1ccc(Cl)cc1Cl. The van der Waals surface area contributed by atoms with Crippen molar-refractivity contribution in [1.82, 2.24) is 0 Å². The van der Waals surface area contributed by atoms with Crippen LogP contribution in [0.1, 0.15) is 18.5 Å². The van der Waals surface area contributed by atoms with Crippen molar-refractivity contribution in [1.29, 1.82) is 0 Å². The minimum atomic E-state index is -1.95. The molecule has 0 spiro atoms. The van der Waals surface area contributed by atoms with Gasteiger partial charge in [0.15, 0.2) is 0 Å². The molecule has 2 atom stereocenters. The number of hydrogen-bond acceptors (Lipinski definition) is 3. The van der Waals surface area contributed by atoms with E-state index in [1.807, 2.05) is 0 Å². The predicted molar refractivity (Wildman–Crippen MR) is 64.9 cm³/mol. The third-order valence-corrected chi connectivity index (χ3v) is 2.71. The van der Waals surface area contributed by atoms with Gasteiger partial charge in [0.05, 0.1) is 12.6 Å². The van der Waals surface area contributed by atoms with E-state index >= 15 is 0 Å². The Hall–Kier alpha value is -0.840. The molecule has 0 aliphatic heterocycles. The largest absolute Gasteiger partial charge is 0.464 e. The Bertz CT molecular complexity index is 414. The molecule has 1 rings (SSSR count). The maximum atomic E-state index is 13.7. The summed E-state index contributed by atoms with van der Waals surface area (Å²) < 4.78 is 18.2. The van der Waals surface area contributed by atoms with E-state index in [1.165, 1.54) is 18.2 Å². The van der Waals surface area contributed by atoms with Crippen LogP contribution in [0.15, 0.2) is 18.2 Å². The molecule has 0 aliphatic rings. The van der Waals surface area contributed by atoms with Crippen molar-refractivity contribution in [2.24, 2.45) is 5.73 Å². The van der Waals surface area contributed by atoms with E-state index in [4.69, 9.17) is 28.9 Å². The lowest BCUT2D eigenvalue weighted by atomic mass is 10.0. The molecule has 2 N–H and O–H groups in total. The van der Waals surface area contributed by atoms with Gasteiger partial charge >= 0.3 is 5.97 Å². The zero-order valence-electron chi connectivity index (χ0n) is 9.12. The minimum Gasteiger partial charge on any atom is -0.464 e. The molecule has 0 radical (unpaired) electrons. The maximum absolute atomic E-state index is 13.7. The van der Waals surface area contributed by atoms with Crippen molar-refractivity contribution in [3.8, 4) is 0 Å². The lowest BCUT2D eigenvalue weighted by Gasteiger charge is -2.17. The average Bonchev–Trinajstić information content (AvgIpc) is 2.27. The van der Waals surface area contributed by atoms with E-state index in [9.17, 15) is 9.18 Å². The van der Waals surface area contributed by atoms with Gasteiger partial charge in [-0.05, 0) is 24.6 Å². The quantitative estimate of drug-likeness (QED) is 0.863. The van der Waals surface area contributed by atoms with Gasteiger partial charge in [0.2, 0.25) is 6.17 Å². The second-order valence-electron chi connectivity index (χ2n) is 3.35. The van der Waals surface area contributed by atoms with Crippen LogP contribution >= 0.6 is 23.2 Å². The number of hydrogen-bond donors (Lipinski definition) is 1. The zero-order chi connectivity index (χ0) is 13.0. The number of alkyl halides is 1. The first-order valence-electron chi connectivity index (χ1n) is 4.98. The number of nitrogens with two attached hydrogens (primary N) is 1. The first-order chi connectivity index (χ1) is 7.97. The third-order valence-electron chi connectivity index (χ3n) is 2.15. The summed E-state index contributed by atoms with van der Waals surface area (Å²) in [7, 11) is 0. The Balaban J connectivity index is 2.88. The predicted octanol–water partition coefficient (Wildman–Crippen LogP) is 2.89. The van der Waals surface area contributed by atoms with Gasteiger partial charge in [-0.2, -0.15) is 0 Å². The molecule has 1 aromatic carbocycles. The normalized spacial score (nSPS) is 14.2. The molecule has 0 fully saturated rings. The van der Waals surface area contributed by atoms with Crippen LogP contribution < -0.4 is 5.73 Å². The maximum Gasteiger partial charge on any atom is 0.342 e. The monoisotopic (exact) mass is 279 g/mol. The molecule has 0 heterocycles. The highest BCUT2D eigenvalue weighted by Gasteiger charge is 2.29. The van der Waals surface area contributed by atoms with Gasteiger partial charge in [-0.25, -0.2) is 9.18 Å². The molecule has 94 valence electrons. The molecule has 0 saturated carbocycles. The highest BCUT2D eigenvalue weighted by atomic mass is 35.5. The molecule has 1 aromatic rings. The van der Waals surface area contributed by atoms with Gasteiger partial charge in [0, 0.05) is 10.0 Å². The van der Waals surface area contributed by atoms with Crippen molar-refractivity contribution in [3.63, 3.8) is 0 Å². The van der Waals surface area contributed by atoms with Crippen LogP contribution in [0.3, 0.4) is 0 Å². The Morgan fingerprint density at radius 2 is 2.18 bits per heavy atom. The topological polar surface area (TPSA) is 52.3 Å². The van der Waals surface area contributed by atoms with Crippen molar-refractivity contribution in [3.05, 3.63) is 33.8 Å². The van der Waals surface area contributed by atoms with Crippen molar-refractivity contribution >= 4 is 29.2 Å². The molecule has 0 saturated heterocycles. The van der Waals surface area contributed by atoms with Gasteiger partial charge in [-0.3, -0.25) is 0 Å². The number of carbonyl (C=O) groups is 1. The number of rotatable bonds is 4. The number of ether oxygens (including phenoxy) is 1. The standard InChI is InChI=1S/C11H12Cl2FNO2/c1-2-17-11(16)9(14)10(15)7-4-3-6(12)5-8(7)13/h3-5,9-10H,2,15H2,1H3/t9?,10-/m0/s1. The van der Waals surface area contributed by atoms with Crippen LogP contribution in [0.2, 0.25) is 10.0 Å². The average molecular weight is 280 g/mol. The number of carbonyl (C=O) groups excluding carboxylic acids is 1. The van der Waals surface area contributed by atoms with Crippen LogP contribution in [-0.2, 0) is 9.53 Å². The Labute approximate surface area is 109 Å². The fourth-order valence-corrected chi connectivity index (χ4v) is 1.83. The molecule has 0 aliphatic carbocycles. The molecule has 0 amide bonds. The first-order valence-corrected chi connectivity index (χ1v) is 5.74. The molecule has 17 heavy (non-hydrogen) atoms. The van der Waals surface area contributed by atoms with Crippen LogP contribution in [0.5, 0.6) is 0 Å². The summed E-state index contributed by atoms with van der Waals surface area (Å²) in [6.07, 6.45) is -1.95. The molecular weight excluding hydrogens is 268 g/mol. The van der Waals surface area contributed by atoms with Gasteiger partial charge in [0.1, 0.15) is 0 Å². The molecule has 1 unspecified atom stereocenters. The molecule has 0 bridgehead atoms. The second-order valence-corrected chi connectivity index (χ2v) is 4.19. The smallest absolute Gasteiger partial charge is 0.342 e. The summed E-state index contributed by atoms with van der Waals surface area (Å²) in [5.41, 5.74) is 5.93. The number of halogens is 3. The van der Waals surface area contributed by atoms with Crippen molar-refractivity contribution < 1.29 is 13.9 Å². The summed E-state index contributed by atoms with van der Waals surface area (Å²) in [6, 6.07) is 3.29. The summed E-state index contributed by atoms with van der Waals surface area (Å²) in [4.78, 5) is 11.2. The fourth-order valence-electron chi connectivity index (χ4n) is 1.30. The van der Waals surface area contributed by atoms with Gasteiger partial charge in [-0.15, -0.1) is 0 Å². The number of benzene rings is 1. The molecule has 6 heteroatoms. The van der Waals surface area contributed by atoms with Crippen molar-refractivity contribution in [2.45, 2.75) is 19.1 Å². The zero-order valence-corrected chi connectivity index (χ0v) is 10.6. The van der Waals surface area contributed by atoms with E-state index in [1.54, 1.807) is 6.92 Å². The number of esters is 1. The van der Waals surface area contributed by atoms with Crippen LogP contribution in [0.25, 0.3) is 0 Å². The van der Waals surface area contributed by atoms with E-state index in [-0.39, 0.29) is 11.6 Å². The summed E-state index contributed by atoms with van der Waals surface area (Å²) in [5.74, 6) is -0.994. The van der Waals surface area contributed by atoms with Gasteiger partial charge < -0.3 is 10.5 Å². The van der Waals surface area contributed by atoms with E-state index in [0.717, 1.165) is 0 Å². The Kier molecular flexibility index (Phi) is 5.18.